The lowest BCUT2D eigenvalue weighted by Gasteiger charge is -2.34. The Morgan fingerprint density at radius 3 is 2.87 bits per heavy atom. The number of nitrogens with zero attached hydrogens (tertiary/aromatic N) is 4. The van der Waals surface area contributed by atoms with E-state index in [2.05, 4.69) is 15.1 Å². The number of aromatic nitrogens is 3. The number of aryl methyl sites for hydroxylation is 1. The number of rotatable bonds is 3. The monoisotopic (exact) mass is 318 g/mol. The molecule has 1 aliphatic carbocycles. The van der Waals surface area contributed by atoms with Gasteiger partial charge in [-0.15, -0.1) is 0 Å². The lowest BCUT2D eigenvalue weighted by molar-refractivity contribution is -0.0815. The van der Waals surface area contributed by atoms with Crippen LogP contribution in [-0.2, 0) is 4.74 Å². The SMILES string of the molecule is Cc1ncoc1C(=O)N1C[C@@H](C)O[C@@H](c2nc(C3CC3)no2)C1. The summed E-state index contributed by atoms with van der Waals surface area (Å²) in [5, 5.41) is 4.01. The molecule has 0 spiro atoms. The van der Waals surface area contributed by atoms with Crippen molar-refractivity contribution in [1.82, 2.24) is 20.0 Å². The molecule has 0 bridgehead atoms. The molecule has 8 heteroatoms. The zero-order chi connectivity index (χ0) is 16.0. The third-order valence-electron chi connectivity index (χ3n) is 4.16. The first kappa shape index (κ1) is 14.4. The molecular weight excluding hydrogens is 300 g/mol. The Morgan fingerprint density at radius 1 is 1.35 bits per heavy atom. The van der Waals surface area contributed by atoms with Gasteiger partial charge in [0.2, 0.25) is 5.76 Å². The lowest BCUT2D eigenvalue weighted by Crippen LogP contribution is -2.46. The summed E-state index contributed by atoms with van der Waals surface area (Å²) >= 11 is 0. The minimum atomic E-state index is -0.411. The van der Waals surface area contributed by atoms with E-state index >= 15 is 0 Å². The van der Waals surface area contributed by atoms with E-state index in [0.29, 0.717) is 30.6 Å². The first-order valence-electron chi connectivity index (χ1n) is 7.80. The van der Waals surface area contributed by atoms with Crippen molar-refractivity contribution in [1.29, 1.82) is 0 Å². The van der Waals surface area contributed by atoms with Crippen molar-refractivity contribution in [3.05, 3.63) is 29.6 Å². The highest BCUT2D eigenvalue weighted by molar-refractivity contribution is 5.92. The molecule has 2 atom stereocenters. The number of ether oxygens (including phenoxy) is 1. The fourth-order valence-corrected chi connectivity index (χ4v) is 2.79. The Balaban J connectivity index is 1.53. The van der Waals surface area contributed by atoms with Crippen molar-refractivity contribution in [2.24, 2.45) is 0 Å². The first-order valence-corrected chi connectivity index (χ1v) is 7.80. The highest BCUT2D eigenvalue weighted by Gasteiger charge is 2.36. The van der Waals surface area contributed by atoms with Gasteiger partial charge in [0.25, 0.3) is 11.8 Å². The molecule has 4 rings (SSSR count). The molecule has 0 aromatic carbocycles. The lowest BCUT2D eigenvalue weighted by atomic mass is 10.2. The molecule has 1 saturated carbocycles. The number of carbonyl (C=O) groups is 1. The second-order valence-electron chi connectivity index (χ2n) is 6.18. The molecule has 1 saturated heterocycles. The third kappa shape index (κ3) is 2.74. The Kier molecular flexibility index (Phi) is 3.41. The van der Waals surface area contributed by atoms with Crippen LogP contribution in [-0.4, -0.2) is 45.1 Å². The van der Waals surface area contributed by atoms with E-state index in [-0.39, 0.29) is 17.8 Å². The summed E-state index contributed by atoms with van der Waals surface area (Å²) in [6.07, 6.45) is 2.96. The van der Waals surface area contributed by atoms with Gasteiger partial charge >= 0.3 is 0 Å². The van der Waals surface area contributed by atoms with E-state index in [4.69, 9.17) is 13.7 Å². The highest BCUT2D eigenvalue weighted by atomic mass is 16.5. The topological polar surface area (TPSA) is 94.5 Å². The predicted molar refractivity (Wildman–Crippen MR) is 76.7 cm³/mol. The van der Waals surface area contributed by atoms with Crippen molar-refractivity contribution in [2.75, 3.05) is 13.1 Å². The zero-order valence-corrected chi connectivity index (χ0v) is 13.1. The van der Waals surface area contributed by atoms with Gasteiger partial charge in [0.1, 0.15) is 0 Å². The molecule has 0 unspecified atom stereocenters. The van der Waals surface area contributed by atoms with Crippen LogP contribution < -0.4 is 0 Å². The Bertz CT molecular complexity index is 721. The molecule has 0 radical (unpaired) electrons. The second kappa shape index (κ2) is 5.45. The van der Waals surface area contributed by atoms with Gasteiger partial charge in [-0.25, -0.2) is 4.98 Å². The van der Waals surface area contributed by atoms with Crippen molar-refractivity contribution in [3.63, 3.8) is 0 Å². The second-order valence-corrected chi connectivity index (χ2v) is 6.18. The van der Waals surface area contributed by atoms with E-state index in [1.165, 1.54) is 6.39 Å². The van der Waals surface area contributed by atoms with E-state index in [1.807, 2.05) is 6.92 Å². The Hall–Kier alpha value is -2.22. The maximum absolute atomic E-state index is 12.6. The van der Waals surface area contributed by atoms with E-state index in [9.17, 15) is 4.79 Å². The van der Waals surface area contributed by atoms with Gasteiger partial charge in [0.05, 0.1) is 18.3 Å². The van der Waals surface area contributed by atoms with Gasteiger partial charge in [-0.3, -0.25) is 4.79 Å². The van der Waals surface area contributed by atoms with Crippen LogP contribution in [0.5, 0.6) is 0 Å². The summed E-state index contributed by atoms with van der Waals surface area (Å²) in [4.78, 5) is 22.7. The van der Waals surface area contributed by atoms with Crippen molar-refractivity contribution in [2.45, 2.75) is 44.8 Å². The number of hydrogen-bond donors (Lipinski definition) is 0. The molecule has 2 fully saturated rings. The summed E-state index contributed by atoms with van der Waals surface area (Å²) < 4.78 is 16.4. The predicted octanol–water partition coefficient (Wildman–Crippen LogP) is 1.85. The molecule has 1 amide bonds. The van der Waals surface area contributed by atoms with Crippen LogP contribution in [0.15, 0.2) is 15.3 Å². The average Bonchev–Trinajstić information content (AvgIpc) is 3.10. The maximum Gasteiger partial charge on any atom is 0.291 e. The van der Waals surface area contributed by atoms with E-state index in [1.54, 1.807) is 11.8 Å². The highest BCUT2D eigenvalue weighted by Crippen LogP contribution is 2.39. The van der Waals surface area contributed by atoms with Crippen LogP contribution in [0.3, 0.4) is 0 Å². The smallest absolute Gasteiger partial charge is 0.291 e. The van der Waals surface area contributed by atoms with Crippen molar-refractivity contribution < 1.29 is 18.5 Å². The average molecular weight is 318 g/mol. The van der Waals surface area contributed by atoms with Gasteiger partial charge in [-0.1, -0.05) is 5.16 Å². The van der Waals surface area contributed by atoms with Crippen LogP contribution in [0.4, 0.5) is 0 Å². The number of oxazole rings is 1. The summed E-state index contributed by atoms with van der Waals surface area (Å²) in [5.74, 6) is 1.67. The summed E-state index contributed by atoms with van der Waals surface area (Å²) in [6.45, 7) is 4.50. The number of hydrogen-bond acceptors (Lipinski definition) is 7. The largest absolute Gasteiger partial charge is 0.438 e. The van der Waals surface area contributed by atoms with Crippen LogP contribution in [0.1, 0.15) is 59.8 Å². The third-order valence-corrected chi connectivity index (χ3v) is 4.16. The van der Waals surface area contributed by atoms with Crippen molar-refractivity contribution >= 4 is 5.91 Å². The minimum absolute atomic E-state index is 0.128. The molecule has 0 N–H and O–H groups in total. The van der Waals surface area contributed by atoms with Crippen LogP contribution in [0.25, 0.3) is 0 Å². The number of carbonyl (C=O) groups excluding carboxylic acids is 1. The minimum Gasteiger partial charge on any atom is -0.438 e. The summed E-state index contributed by atoms with van der Waals surface area (Å²) in [6, 6.07) is 0. The van der Waals surface area contributed by atoms with Gasteiger partial charge in [0.15, 0.2) is 18.3 Å². The number of morpholine rings is 1. The fourth-order valence-electron chi connectivity index (χ4n) is 2.79. The Labute approximate surface area is 132 Å². The molecule has 1 aliphatic heterocycles. The van der Waals surface area contributed by atoms with Gasteiger partial charge in [-0.2, -0.15) is 4.98 Å². The molecule has 2 aromatic rings. The molecule has 3 heterocycles. The molecule has 2 aromatic heterocycles. The molecular formula is C15H18N4O4. The van der Waals surface area contributed by atoms with Gasteiger partial charge in [0, 0.05) is 12.5 Å². The molecule has 2 aliphatic rings. The van der Waals surface area contributed by atoms with Crippen molar-refractivity contribution in [3.8, 4) is 0 Å². The summed E-state index contributed by atoms with van der Waals surface area (Å²) in [7, 11) is 0. The van der Waals surface area contributed by atoms with E-state index in [0.717, 1.165) is 18.7 Å². The molecule has 23 heavy (non-hydrogen) atoms. The van der Waals surface area contributed by atoms with Crippen LogP contribution in [0, 0.1) is 6.92 Å². The Morgan fingerprint density at radius 2 is 2.17 bits per heavy atom. The maximum atomic E-state index is 12.6. The summed E-state index contributed by atoms with van der Waals surface area (Å²) in [5.41, 5.74) is 0.583. The van der Waals surface area contributed by atoms with Gasteiger partial charge in [-0.05, 0) is 26.7 Å². The van der Waals surface area contributed by atoms with Crippen LogP contribution in [0.2, 0.25) is 0 Å². The first-order chi connectivity index (χ1) is 11.1. The van der Waals surface area contributed by atoms with Gasteiger partial charge < -0.3 is 18.6 Å². The normalized spacial score (nSPS) is 24.9. The number of amides is 1. The quantitative estimate of drug-likeness (QED) is 0.852. The zero-order valence-electron chi connectivity index (χ0n) is 13.1. The molecule has 122 valence electrons. The fraction of sp³-hybridized carbons (Fsp3) is 0.600. The van der Waals surface area contributed by atoms with Crippen LogP contribution >= 0.6 is 0 Å². The molecule has 8 nitrogen and oxygen atoms in total. The van der Waals surface area contributed by atoms with E-state index < -0.39 is 6.10 Å². The standard InChI is InChI=1S/C15H18N4O4/c1-8-5-19(15(20)12-9(2)16-7-21-12)6-11(22-8)14-17-13(18-23-14)10-3-4-10/h7-8,10-11H,3-6H2,1-2H3/t8-,11-/m1/s1.